The lowest BCUT2D eigenvalue weighted by molar-refractivity contribution is -0.257. The molecule has 0 aliphatic carbocycles. The molecule has 0 heterocycles. The van der Waals surface area contributed by atoms with Crippen molar-refractivity contribution in [3.05, 3.63) is 0 Å². The fraction of sp³-hybridized carbons (Fsp3) is 0.333. The van der Waals surface area contributed by atoms with E-state index in [1.54, 1.807) is 22.6 Å². The van der Waals surface area contributed by atoms with Crippen LogP contribution in [-0.2, 0) is 19.4 Å². The van der Waals surface area contributed by atoms with Crippen molar-refractivity contribution in [2.45, 2.75) is 0 Å². The second-order valence-corrected chi connectivity index (χ2v) is 1.53. The Morgan fingerprint density at radius 3 is 2.44 bits per heavy atom. The summed E-state index contributed by atoms with van der Waals surface area (Å²) in [6.45, 7) is 0. The van der Waals surface area contributed by atoms with E-state index in [1.165, 1.54) is 0 Å². The molecule has 0 spiro atoms. The number of aliphatic carboxylic acids is 1. The molecule has 0 unspecified atom stereocenters. The summed E-state index contributed by atoms with van der Waals surface area (Å²) in [5.74, 6) is -3.08. The Labute approximate surface area is 64.0 Å². The van der Waals surface area contributed by atoms with E-state index in [0.717, 1.165) is 0 Å². The highest BCUT2D eigenvalue weighted by Gasteiger charge is 2.13. The molecular formula is C3H3IO5. The molecule has 0 aromatic heterocycles. The number of alkyl halides is 1. The molecule has 0 atom stereocenters. The van der Waals surface area contributed by atoms with Gasteiger partial charge in [-0.3, -0.25) is 4.89 Å². The van der Waals surface area contributed by atoms with Crippen molar-refractivity contribution in [3.8, 4) is 0 Å². The molecule has 0 saturated carbocycles. The molecule has 0 saturated heterocycles. The normalized spacial score (nSPS) is 8.56. The first-order chi connectivity index (χ1) is 4.18. The third-order valence-electron chi connectivity index (χ3n) is 0.354. The first kappa shape index (κ1) is 8.63. The van der Waals surface area contributed by atoms with E-state index < -0.39 is 11.9 Å². The Kier molecular flexibility index (Phi) is 4.32. The molecule has 0 aromatic carbocycles. The standard InChI is InChI=1S/C3H3IO5/c4-1-8-9-3(7)2(5)6/h1H2,(H,5,6). The summed E-state index contributed by atoms with van der Waals surface area (Å²) in [5.41, 5.74) is 0. The SMILES string of the molecule is O=C(O)C(=O)OOCI. The minimum absolute atomic E-state index is 0.108. The third-order valence-corrected chi connectivity index (χ3v) is 0.608. The zero-order chi connectivity index (χ0) is 7.28. The summed E-state index contributed by atoms with van der Waals surface area (Å²) in [4.78, 5) is 27.3. The van der Waals surface area contributed by atoms with E-state index in [9.17, 15) is 9.59 Å². The lowest BCUT2D eigenvalue weighted by atomic mass is 10.7. The zero-order valence-corrected chi connectivity index (χ0v) is 6.32. The van der Waals surface area contributed by atoms with Crippen molar-refractivity contribution >= 4 is 34.5 Å². The van der Waals surface area contributed by atoms with Gasteiger partial charge in [-0.05, 0) is 0 Å². The van der Waals surface area contributed by atoms with Gasteiger partial charge in [0.15, 0.2) is 0 Å². The van der Waals surface area contributed by atoms with Gasteiger partial charge < -0.3 is 5.11 Å². The minimum Gasteiger partial charge on any atom is -0.473 e. The minimum atomic E-state index is -1.67. The summed E-state index contributed by atoms with van der Waals surface area (Å²) in [6.07, 6.45) is 0. The Balaban J connectivity index is 3.39. The maximum absolute atomic E-state index is 9.95. The molecule has 9 heavy (non-hydrogen) atoms. The molecule has 1 N–H and O–H groups in total. The van der Waals surface area contributed by atoms with Crippen LogP contribution in [0.2, 0.25) is 0 Å². The molecule has 0 fully saturated rings. The monoisotopic (exact) mass is 246 g/mol. The van der Waals surface area contributed by atoms with Crippen LogP contribution >= 0.6 is 22.6 Å². The lowest BCUT2D eigenvalue weighted by Crippen LogP contribution is -2.15. The van der Waals surface area contributed by atoms with Crippen LogP contribution in [0.5, 0.6) is 0 Å². The van der Waals surface area contributed by atoms with Gasteiger partial charge in [-0.25, -0.2) is 9.59 Å². The first-order valence-corrected chi connectivity index (χ1v) is 3.33. The van der Waals surface area contributed by atoms with Gasteiger partial charge >= 0.3 is 11.9 Å². The van der Waals surface area contributed by atoms with E-state index in [2.05, 4.69) is 9.78 Å². The summed E-state index contributed by atoms with van der Waals surface area (Å²) in [7, 11) is 0. The molecule has 0 rings (SSSR count). The fourth-order valence-electron chi connectivity index (χ4n) is 0.111. The van der Waals surface area contributed by atoms with Crippen molar-refractivity contribution in [2.24, 2.45) is 0 Å². The van der Waals surface area contributed by atoms with E-state index >= 15 is 0 Å². The quantitative estimate of drug-likeness (QED) is 0.243. The van der Waals surface area contributed by atoms with Crippen LogP contribution in [0.25, 0.3) is 0 Å². The van der Waals surface area contributed by atoms with Crippen molar-refractivity contribution < 1.29 is 24.5 Å². The largest absolute Gasteiger partial charge is 0.473 e. The second kappa shape index (κ2) is 4.50. The molecule has 6 heteroatoms. The first-order valence-electron chi connectivity index (χ1n) is 1.81. The third kappa shape index (κ3) is 4.15. The maximum Gasteiger partial charge on any atom is 0.449 e. The molecule has 0 aliphatic heterocycles. The number of rotatable bonds is 2. The van der Waals surface area contributed by atoms with Gasteiger partial charge in [0.2, 0.25) is 0 Å². The van der Waals surface area contributed by atoms with E-state index in [1.807, 2.05) is 0 Å². The molecule has 0 bridgehead atoms. The van der Waals surface area contributed by atoms with Gasteiger partial charge in [0.05, 0.1) is 0 Å². The maximum atomic E-state index is 9.95. The number of carbonyl (C=O) groups is 2. The Morgan fingerprint density at radius 2 is 2.11 bits per heavy atom. The zero-order valence-electron chi connectivity index (χ0n) is 4.17. The highest BCUT2D eigenvalue weighted by Crippen LogP contribution is 1.86. The highest BCUT2D eigenvalue weighted by atomic mass is 127. The average molecular weight is 246 g/mol. The summed E-state index contributed by atoms with van der Waals surface area (Å²) in [6, 6.07) is 0. The Hall–Kier alpha value is -0.370. The lowest BCUT2D eigenvalue weighted by Gasteiger charge is -1.93. The Morgan fingerprint density at radius 1 is 1.56 bits per heavy atom. The molecule has 5 nitrogen and oxygen atoms in total. The number of hydrogen-bond acceptors (Lipinski definition) is 4. The van der Waals surface area contributed by atoms with Gasteiger partial charge in [0, 0.05) is 0 Å². The van der Waals surface area contributed by atoms with Crippen LogP contribution in [0.4, 0.5) is 0 Å². The van der Waals surface area contributed by atoms with Crippen molar-refractivity contribution in [2.75, 3.05) is 4.61 Å². The van der Waals surface area contributed by atoms with Crippen LogP contribution < -0.4 is 0 Å². The van der Waals surface area contributed by atoms with Gasteiger partial charge in [-0.15, -0.1) is 0 Å². The number of halogens is 1. The molecule has 0 aromatic rings. The predicted octanol–water partition coefficient (Wildman–Crippen LogP) is -0.0617. The van der Waals surface area contributed by atoms with E-state index in [-0.39, 0.29) is 4.61 Å². The van der Waals surface area contributed by atoms with Crippen molar-refractivity contribution in [3.63, 3.8) is 0 Å². The topological polar surface area (TPSA) is 72.8 Å². The highest BCUT2D eigenvalue weighted by molar-refractivity contribution is 14.1. The average Bonchev–Trinajstić information content (AvgIpc) is 1.82. The van der Waals surface area contributed by atoms with Gasteiger partial charge in [0.1, 0.15) is 4.61 Å². The number of carboxylic acids is 1. The van der Waals surface area contributed by atoms with Crippen molar-refractivity contribution in [1.29, 1.82) is 0 Å². The predicted molar refractivity (Wildman–Crippen MR) is 33.7 cm³/mol. The van der Waals surface area contributed by atoms with E-state index in [0.29, 0.717) is 0 Å². The molecule has 0 aliphatic rings. The van der Waals surface area contributed by atoms with E-state index in [4.69, 9.17) is 5.11 Å². The van der Waals surface area contributed by atoms with Gasteiger partial charge in [-0.2, -0.15) is 4.89 Å². The van der Waals surface area contributed by atoms with Crippen LogP contribution in [0.1, 0.15) is 0 Å². The summed E-state index contributed by atoms with van der Waals surface area (Å²) >= 11 is 1.75. The Bertz CT molecular complexity index is 121. The number of hydrogen-bond donors (Lipinski definition) is 1. The molecule has 52 valence electrons. The number of carbonyl (C=O) groups excluding carboxylic acids is 1. The summed E-state index contributed by atoms with van der Waals surface area (Å²) in [5, 5.41) is 7.85. The molecular weight excluding hydrogens is 243 g/mol. The molecule has 0 radical (unpaired) electrons. The van der Waals surface area contributed by atoms with Crippen molar-refractivity contribution in [1.82, 2.24) is 0 Å². The van der Waals surface area contributed by atoms with Gasteiger partial charge in [-0.1, -0.05) is 22.6 Å². The van der Waals surface area contributed by atoms with Crippen LogP contribution in [0.15, 0.2) is 0 Å². The number of carboxylic acid groups (broad SMARTS) is 1. The van der Waals surface area contributed by atoms with Crippen LogP contribution in [-0.4, -0.2) is 21.7 Å². The van der Waals surface area contributed by atoms with Crippen LogP contribution in [0.3, 0.4) is 0 Å². The second-order valence-electron chi connectivity index (χ2n) is 0.903. The summed E-state index contributed by atoms with van der Waals surface area (Å²) < 4.78 is 0.108. The van der Waals surface area contributed by atoms with Gasteiger partial charge in [0.25, 0.3) is 0 Å². The molecule has 0 amide bonds. The smallest absolute Gasteiger partial charge is 0.449 e. The van der Waals surface area contributed by atoms with Crippen LogP contribution in [0, 0.1) is 0 Å². The fourth-order valence-corrected chi connectivity index (χ4v) is 0.239.